The number of nitrogens with zero attached hydrogens (tertiary/aromatic N) is 2. The summed E-state index contributed by atoms with van der Waals surface area (Å²) < 4.78 is 1.79. The van der Waals surface area contributed by atoms with Gasteiger partial charge in [0.2, 0.25) is 0 Å². The van der Waals surface area contributed by atoms with Gasteiger partial charge in [-0.3, -0.25) is 9.48 Å². The Morgan fingerprint density at radius 2 is 2.19 bits per heavy atom. The molecule has 0 unspecified atom stereocenters. The molecule has 1 aromatic heterocycles. The lowest BCUT2D eigenvalue weighted by molar-refractivity contribution is 0.0972. The molecule has 1 aliphatic rings. The second-order valence-corrected chi connectivity index (χ2v) is 4.56. The number of aromatic nitrogens is 2. The first-order chi connectivity index (χ1) is 7.75. The van der Waals surface area contributed by atoms with E-state index in [9.17, 15) is 4.79 Å². The van der Waals surface area contributed by atoms with Crippen molar-refractivity contribution < 1.29 is 4.79 Å². The molecule has 2 aromatic rings. The zero-order valence-electron chi connectivity index (χ0n) is 9.31. The van der Waals surface area contributed by atoms with Gasteiger partial charge in [0.1, 0.15) is 5.69 Å². The Hall–Kier alpha value is -1.64. The van der Waals surface area contributed by atoms with Gasteiger partial charge in [0, 0.05) is 18.9 Å². The zero-order valence-corrected chi connectivity index (χ0v) is 9.31. The van der Waals surface area contributed by atoms with Crippen LogP contribution in [0.1, 0.15) is 29.8 Å². The van der Waals surface area contributed by atoms with Crippen molar-refractivity contribution in [1.82, 2.24) is 9.78 Å². The number of carbonyl (C=O) groups excluding carboxylic acids is 1. The van der Waals surface area contributed by atoms with Crippen LogP contribution in [0.3, 0.4) is 0 Å². The quantitative estimate of drug-likeness (QED) is 0.736. The number of para-hydroxylation sites is 1. The van der Waals surface area contributed by atoms with Crippen LogP contribution in [0.15, 0.2) is 24.3 Å². The van der Waals surface area contributed by atoms with Gasteiger partial charge in [-0.2, -0.15) is 5.10 Å². The van der Waals surface area contributed by atoms with Crippen LogP contribution in [0.4, 0.5) is 0 Å². The lowest BCUT2D eigenvalue weighted by Gasteiger charge is -1.94. The van der Waals surface area contributed by atoms with Crippen molar-refractivity contribution in [3.8, 4) is 0 Å². The molecule has 3 nitrogen and oxygen atoms in total. The molecule has 0 saturated heterocycles. The fourth-order valence-electron chi connectivity index (χ4n) is 2.10. The molecule has 1 heterocycles. The minimum atomic E-state index is 0.194. The Morgan fingerprint density at radius 3 is 2.94 bits per heavy atom. The maximum Gasteiger partial charge on any atom is 0.183 e. The van der Waals surface area contributed by atoms with Crippen LogP contribution in [0.2, 0.25) is 0 Å². The lowest BCUT2D eigenvalue weighted by Crippen LogP contribution is -2.02. The minimum absolute atomic E-state index is 0.194. The van der Waals surface area contributed by atoms with Crippen molar-refractivity contribution in [2.75, 3.05) is 0 Å². The fourth-order valence-corrected chi connectivity index (χ4v) is 2.10. The molecule has 16 heavy (non-hydrogen) atoms. The molecule has 1 aliphatic carbocycles. The van der Waals surface area contributed by atoms with Gasteiger partial charge in [0.05, 0.1) is 5.52 Å². The summed E-state index contributed by atoms with van der Waals surface area (Å²) in [6, 6.07) is 7.90. The van der Waals surface area contributed by atoms with E-state index in [0.29, 0.717) is 18.0 Å². The molecule has 0 atom stereocenters. The highest BCUT2D eigenvalue weighted by Gasteiger charge is 2.27. The van der Waals surface area contributed by atoms with Crippen LogP contribution >= 0.6 is 0 Å². The van der Waals surface area contributed by atoms with Crippen molar-refractivity contribution in [1.29, 1.82) is 0 Å². The number of fused-ring (bicyclic) bond motifs is 1. The van der Waals surface area contributed by atoms with Crippen molar-refractivity contribution in [3.05, 3.63) is 30.0 Å². The van der Waals surface area contributed by atoms with Crippen molar-refractivity contribution in [2.24, 2.45) is 13.0 Å². The molecule has 1 fully saturated rings. The van der Waals surface area contributed by atoms with E-state index in [1.54, 1.807) is 4.68 Å². The predicted octanol–water partition coefficient (Wildman–Crippen LogP) is 2.56. The Morgan fingerprint density at radius 1 is 1.44 bits per heavy atom. The van der Waals surface area contributed by atoms with Crippen molar-refractivity contribution >= 4 is 16.7 Å². The third kappa shape index (κ3) is 1.52. The number of carbonyl (C=O) groups is 1. The van der Waals surface area contributed by atoms with E-state index in [0.717, 1.165) is 10.9 Å². The van der Waals surface area contributed by atoms with Crippen LogP contribution in [-0.2, 0) is 7.05 Å². The highest BCUT2D eigenvalue weighted by atomic mass is 16.1. The number of hydrogen-bond donors (Lipinski definition) is 0. The molecule has 0 amide bonds. The third-order valence-corrected chi connectivity index (χ3v) is 3.19. The summed E-state index contributed by atoms with van der Waals surface area (Å²) in [5, 5.41) is 5.32. The van der Waals surface area contributed by atoms with Crippen molar-refractivity contribution in [2.45, 2.75) is 19.3 Å². The summed E-state index contributed by atoms with van der Waals surface area (Å²) in [6.07, 6.45) is 3.08. The summed E-state index contributed by atoms with van der Waals surface area (Å²) >= 11 is 0. The standard InChI is InChI=1S/C13H14N2O/c1-15-11-5-3-2-4-10(11)13(14-15)12(16)8-9-6-7-9/h2-5,9H,6-8H2,1H3. The SMILES string of the molecule is Cn1nc(C(=O)CC2CC2)c2ccccc21. The van der Waals surface area contributed by atoms with Crippen LogP contribution in [0.25, 0.3) is 10.9 Å². The normalized spacial score (nSPS) is 15.6. The first-order valence-corrected chi connectivity index (χ1v) is 5.70. The Kier molecular flexibility index (Phi) is 2.06. The molecule has 0 spiro atoms. The monoisotopic (exact) mass is 214 g/mol. The van der Waals surface area contributed by atoms with Gasteiger partial charge in [-0.1, -0.05) is 18.2 Å². The van der Waals surface area contributed by atoms with Gasteiger partial charge in [-0.15, -0.1) is 0 Å². The minimum Gasteiger partial charge on any atom is -0.292 e. The second-order valence-electron chi connectivity index (χ2n) is 4.56. The summed E-state index contributed by atoms with van der Waals surface area (Å²) in [5.74, 6) is 0.813. The number of Topliss-reactive ketones (excluding diaryl/α,β-unsaturated/α-hetero) is 1. The van der Waals surface area contributed by atoms with Crippen LogP contribution in [0, 0.1) is 5.92 Å². The Bertz CT molecular complexity index is 552. The Labute approximate surface area is 94.1 Å². The number of hydrogen-bond acceptors (Lipinski definition) is 2. The molecule has 0 N–H and O–H groups in total. The molecule has 82 valence electrons. The van der Waals surface area contributed by atoms with Gasteiger partial charge < -0.3 is 0 Å². The largest absolute Gasteiger partial charge is 0.292 e. The second kappa shape index (κ2) is 3.44. The van der Waals surface area contributed by atoms with E-state index >= 15 is 0 Å². The highest BCUT2D eigenvalue weighted by molar-refractivity contribution is 6.06. The lowest BCUT2D eigenvalue weighted by atomic mass is 10.1. The van der Waals surface area contributed by atoms with Gasteiger partial charge in [0.15, 0.2) is 5.78 Å². The summed E-state index contributed by atoms with van der Waals surface area (Å²) in [4.78, 5) is 12.0. The average Bonchev–Trinajstić information content (AvgIpc) is 3.03. The van der Waals surface area contributed by atoms with Gasteiger partial charge in [-0.05, 0) is 24.8 Å². The van der Waals surface area contributed by atoms with E-state index < -0.39 is 0 Å². The van der Waals surface area contributed by atoms with E-state index in [2.05, 4.69) is 5.10 Å². The fraction of sp³-hybridized carbons (Fsp3) is 0.385. The van der Waals surface area contributed by atoms with Gasteiger partial charge in [-0.25, -0.2) is 0 Å². The summed E-state index contributed by atoms with van der Waals surface area (Å²) in [6.45, 7) is 0. The topological polar surface area (TPSA) is 34.9 Å². The number of rotatable bonds is 3. The molecule has 0 radical (unpaired) electrons. The van der Waals surface area contributed by atoms with Crippen molar-refractivity contribution in [3.63, 3.8) is 0 Å². The smallest absolute Gasteiger partial charge is 0.183 e. The summed E-state index contributed by atoms with van der Waals surface area (Å²) in [7, 11) is 1.89. The predicted molar refractivity (Wildman–Crippen MR) is 62.4 cm³/mol. The Balaban J connectivity index is 2.05. The molecular weight excluding hydrogens is 200 g/mol. The maximum absolute atomic E-state index is 12.0. The highest BCUT2D eigenvalue weighted by Crippen LogP contribution is 2.34. The molecular formula is C13H14N2O. The van der Waals surface area contributed by atoms with Gasteiger partial charge in [0.25, 0.3) is 0 Å². The van der Waals surface area contributed by atoms with Crippen LogP contribution in [0.5, 0.6) is 0 Å². The molecule has 3 rings (SSSR count). The van der Waals surface area contributed by atoms with E-state index in [-0.39, 0.29) is 5.78 Å². The van der Waals surface area contributed by atoms with Crippen LogP contribution < -0.4 is 0 Å². The maximum atomic E-state index is 12.0. The molecule has 1 aromatic carbocycles. The first kappa shape index (κ1) is 9.58. The first-order valence-electron chi connectivity index (χ1n) is 5.70. The number of aryl methyl sites for hydroxylation is 1. The van der Waals surface area contributed by atoms with Gasteiger partial charge >= 0.3 is 0 Å². The molecule has 1 saturated carbocycles. The van der Waals surface area contributed by atoms with E-state index in [1.165, 1.54) is 12.8 Å². The number of ketones is 1. The molecule has 0 aliphatic heterocycles. The number of benzene rings is 1. The third-order valence-electron chi connectivity index (χ3n) is 3.19. The molecule has 3 heteroatoms. The summed E-state index contributed by atoms with van der Waals surface area (Å²) in [5.41, 5.74) is 1.67. The average molecular weight is 214 g/mol. The van der Waals surface area contributed by atoms with E-state index in [4.69, 9.17) is 0 Å². The molecule has 0 bridgehead atoms. The van der Waals surface area contributed by atoms with E-state index in [1.807, 2.05) is 31.3 Å². The van der Waals surface area contributed by atoms with Crippen LogP contribution in [-0.4, -0.2) is 15.6 Å². The zero-order chi connectivity index (χ0) is 11.1.